The minimum Gasteiger partial charge on any atom is -0.490 e. The van der Waals surface area contributed by atoms with Crippen LogP contribution >= 0.6 is 11.3 Å². The smallest absolute Gasteiger partial charge is 0.328 e. The number of thiophene rings is 1. The van der Waals surface area contributed by atoms with Gasteiger partial charge in [0.15, 0.2) is 4.83 Å². The first-order valence-electron chi connectivity index (χ1n) is 9.33. The standard InChI is InChI=1S/C20H21N3O4S/c1-13-7-8-15-16(11-13)28-19-18(15)20(25)23(22-21-19)12-17(24)27-10-9-26-14-5-3-2-4-6-14/h2-6,13H,7-12H2,1H3. The number of carbonyl (C=O) groups excluding carboxylic acids is 1. The number of nitrogens with zero attached hydrogens (tertiary/aromatic N) is 3. The maximum Gasteiger partial charge on any atom is 0.328 e. The number of benzene rings is 1. The van der Waals surface area contributed by atoms with Crippen LogP contribution in [0, 0.1) is 5.92 Å². The van der Waals surface area contributed by atoms with Crippen LogP contribution in [0.2, 0.25) is 0 Å². The van der Waals surface area contributed by atoms with Crippen molar-refractivity contribution in [3.63, 3.8) is 0 Å². The van der Waals surface area contributed by atoms with E-state index in [2.05, 4.69) is 17.2 Å². The van der Waals surface area contributed by atoms with Crippen LogP contribution in [0.5, 0.6) is 5.75 Å². The van der Waals surface area contributed by atoms with Crippen molar-refractivity contribution >= 4 is 27.5 Å². The van der Waals surface area contributed by atoms with Crippen molar-refractivity contribution in [1.82, 2.24) is 15.0 Å². The molecule has 2 aromatic heterocycles. The molecule has 4 rings (SSSR count). The second-order valence-corrected chi connectivity index (χ2v) is 8.05. The first-order chi connectivity index (χ1) is 13.6. The van der Waals surface area contributed by atoms with E-state index in [-0.39, 0.29) is 25.3 Å². The van der Waals surface area contributed by atoms with Gasteiger partial charge in [0, 0.05) is 4.88 Å². The molecule has 1 unspecified atom stereocenters. The average Bonchev–Trinajstić information content (AvgIpc) is 3.06. The Morgan fingerprint density at radius 2 is 2.11 bits per heavy atom. The van der Waals surface area contributed by atoms with Gasteiger partial charge in [-0.05, 0) is 42.9 Å². The van der Waals surface area contributed by atoms with Crippen molar-refractivity contribution in [2.45, 2.75) is 32.7 Å². The monoisotopic (exact) mass is 399 g/mol. The summed E-state index contributed by atoms with van der Waals surface area (Å²) in [5, 5.41) is 8.69. The van der Waals surface area contributed by atoms with E-state index in [0.29, 0.717) is 21.9 Å². The highest BCUT2D eigenvalue weighted by atomic mass is 32.1. The second kappa shape index (κ2) is 8.10. The molecule has 0 bridgehead atoms. The molecule has 28 heavy (non-hydrogen) atoms. The van der Waals surface area contributed by atoms with Crippen LogP contribution in [0.3, 0.4) is 0 Å². The highest BCUT2D eigenvalue weighted by molar-refractivity contribution is 7.18. The van der Waals surface area contributed by atoms with Gasteiger partial charge >= 0.3 is 5.97 Å². The normalized spacial score (nSPS) is 16.0. The van der Waals surface area contributed by atoms with E-state index < -0.39 is 5.97 Å². The maximum atomic E-state index is 12.8. The molecule has 1 atom stereocenters. The fourth-order valence-corrected chi connectivity index (χ4v) is 4.71. The van der Waals surface area contributed by atoms with Gasteiger partial charge < -0.3 is 9.47 Å². The van der Waals surface area contributed by atoms with Gasteiger partial charge in [0.2, 0.25) is 0 Å². The Morgan fingerprint density at radius 1 is 1.29 bits per heavy atom. The van der Waals surface area contributed by atoms with E-state index in [1.165, 1.54) is 4.88 Å². The summed E-state index contributed by atoms with van der Waals surface area (Å²) in [5.41, 5.74) is 0.811. The molecule has 7 nitrogen and oxygen atoms in total. The summed E-state index contributed by atoms with van der Waals surface area (Å²) < 4.78 is 11.7. The highest BCUT2D eigenvalue weighted by Gasteiger charge is 2.24. The van der Waals surface area contributed by atoms with Crippen LogP contribution < -0.4 is 10.3 Å². The van der Waals surface area contributed by atoms with Crippen molar-refractivity contribution in [1.29, 1.82) is 0 Å². The van der Waals surface area contributed by atoms with E-state index in [4.69, 9.17) is 9.47 Å². The number of ether oxygens (including phenoxy) is 2. The van der Waals surface area contributed by atoms with Gasteiger partial charge in [0.05, 0.1) is 5.39 Å². The van der Waals surface area contributed by atoms with Gasteiger partial charge in [-0.1, -0.05) is 30.3 Å². The Bertz CT molecular complexity index is 1040. The molecule has 0 N–H and O–H groups in total. The van der Waals surface area contributed by atoms with Gasteiger partial charge in [-0.2, -0.15) is 4.68 Å². The lowest BCUT2D eigenvalue weighted by molar-refractivity contribution is -0.145. The third kappa shape index (κ3) is 3.91. The van der Waals surface area contributed by atoms with Gasteiger partial charge in [0.1, 0.15) is 25.5 Å². The molecule has 146 valence electrons. The number of aryl methyl sites for hydroxylation is 1. The summed E-state index contributed by atoms with van der Waals surface area (Å²) in [5.74, 6) is 0.789. The third-order valence-corrected chi connectivity index (χ3v) is 5.96. The van der Waals surface area contributed by atoms with E-state index in [9.17, 15) is 9.59 Å². The first kappa shape index (κ1) is 18.6. The number of hydrogen-bond acceptors (Lipinski definition) is 7. The summed E-state index contributed by atoms with van der Waals surface area (Å²) in [7, 11) is 0. The fourth-order valence-electron chi connectivity index (χ4n) is 3.39. The first-order valence-corrected chi connectivity index (χ1v) is 10.1. The minimum atomic E-state index is -0.537. The van der Waals surface area contributed by atoms with E-state index in [1.54, 1.807) is 11.3 Å². The van der Waals surface area contributed by atoms with Crippen LogP contribution in [0.15, 0.2) is 35.1 Å². The van der Waals surface area contributed by atoms with E-state index in [0.717, 1.165) is 29.5 Å². The molecule has 0 saturated carbocycles. The summed E-state index contributed by atoms with van der Waals surface area (Å²) in [4.78, 5) is 26.8. The highest BCUT2D eigenvalue weighted by Crippen LogP contribution is 2.35. The van der Waals surface area contributed by atoms with Gasteiger partial charge in [-0.15, -0.1) is 16.4 Å². The van der Waals surface area contributed by atoms with Crippen LogP contribution in [0.25, 0.3) is 10.2 Å². The lowest BCUT2D eigenvalue weighted by atomic mass is 9.89. The maximum absolute atomic E-state index is 12.8. The quantitative estimate of drug-likeness (QED) is 0.468. The molecule has 0 saturated heterocycles. The molecule has 0 aliphatic heterocycles. The molecule has 3 aromatic rings. The fraction of sp³-hybridized carbons (Fsp3) is 0.400. The molecule has 2 heterocycles. The van der Waals surface area contributed by atoms with E-state index in [1.807, 2.05) is 30.3 Å². The number of esters is 1. The van der Waals surface area contributed by atoms with Crippen LogP contribution in [0.4, 0.5) is 0 Å². The predicted octanol–water partition coefficient (Wildman–Crippen LogP) is 2.60. The molecule has 0 radical (unpaired) electrons. The topological polar surface area (TPSA) is 83.3 Å². The van der Waals surface area contributed by atoms with Crippen molar-refractivity contribution in [2.75, 3.05) is 13.2 Å². The van der Waals surface area contributed by atoms with Crippen molar-refractivity contribution in [3.05, 3.63) is 51.1 Å². The molecule has 8 heteroatoms. The SMILES string of the molecule is CC1CCc2c(sc3nnn(CC(=O)OCCOc4ccccc4)c(=O)c23)C1. The number of fused-ring (bicyclic) bond motifs is 3. The molecule has 0 fully saturated rings. The van der Waals surface area contributed by atoms with Crippen molar-refractivity contribution in [2.24, 2.45) is 5.92 Å². The lowest BCUT2D eigenvalue weighted by Crippen LogP contribution is -2.29. The Kier molecular flexibility index (Phi) is 5.38. The van der Waals surface area contributed by atoms with Crippen molar-refractivity contribution in [3.8, 4) is 5.75 Å². The molecule has 0 spiro atoms. The number of carbonyl (C=O) groups is 1. The molecular weight excluding hydrogens is 378 g/mol. The van der Waals surface area contributed by atoms with Crippen molar-refractivity contribution < 1.29 is 14.3 Å². The van der Waals surface area contributed by atoms with Gasteiger partial charge in [-0.25, -0.2) is 0 Å². The Morgan fingerprint density at radius 3 is 2.93 bits per heavy atom. The molecule has 1 aromatic carbocycles. The minimum absolute atomic E-state index is 0.101. The summed E-state index contributed by atoms with van der Waals surface area (Å²) in [6.07, 6.45) is 2.90. The Balaban J connectivity index is 1.39. The largest absolute Gasteiger partial charge is 0.490 e. The lowest BCUT2D eigenvalue weighted by Gasteiger charge is -2.17. The van der Waals surface area contributed by atoms with E-state index >= 15 is 0 Å². The number of aromatic nitrogens is 3. The zero-order chi connectivity index (χ0) is 19.5. The average molecular weight is 399 g/mol. The van der Waals surface area contributed by atoms with Gasteiger partial charge in [-0.3, -0.25) is 9.59 Å². The molecule has 1 aliphatic carbocycles. The summed E-state index contributed by atoms with van der Waals surface area (Å²) in [6, 6.07) is 9.29. The second-order valence-electron chi connectivity index (χ2n) is 6.97. The van der Waals surface area contributed by atoms with Gasteiger partial charge in [0.25, 0.3) is 5.56 Å². The number of rotatable bonds is 6. The predicted molar refractivity (Wildman–Crippen MR) is 106 cm³/mol. The zero-order valence-corrected chi connectivity index (χ0v) is 16.4. The van der Waals surface area contributed by atoms with Crippen LogP contribution in [0.1, 0.15) is 23.8 Å². The number of para-hydroxylation sites is 1. The number of hydrogen-bond donors (Lipinski definition) is 0. The molecule has 0 amide bonds. The molecule has 1 aliphatic rings. The third-order valence-electron chi connectivity index (χ3n) is 4.82. The van der Waals surface area contributed by atoms with Crippen LogP contribution in [-0.2, 0) is 28.9 Å². The molecular formula is C20H21N3O4S. The van der Waals surface area contributed by atoms with Crippen LogP contribution in [-0.4, -0.2) is 34.2 Å². The summed E-state index contributed by atoms with van der Waals surface area (Å²) >= 11 is 1.54. The summed E-state index contributed by atoms with van der Waals surface area (Å²) in [6.45, 7) is 2.30. The Hall–Kier alpha value is -2.74. The zero-order valence-electron chi connectivity index (χ0n) is 15.6. The Labute approximate surface area is 165 Å².